The van der Waals surface area contributed by atoms with Crippen molar-refractivity contribution < 1.29 is 0 Å². The largest absolute Gasteiger partial charge is 0.267 e. The fourth-order valence-electron chi connectivity index (χ4n) is 1.88. The van der Waals surface area contributed by atoms with Gasteiger partial charge in [0, 0.05) is 5.69 Å². The Balaban J connectivity index is 2.23. The second kappa shape index (κ2) is 5.02. The Hall–Kier alpha value is -1.86. The van der Waals surface area contributed by atoms with Crippen LogP contribution in [0.15, 0.2) is 30.3 Å². The van der Waals surface area contributed by atoms with Crippen molar-refractivity contribution in [2.45, 2.75) is 13.3 Å². The van der Waals surface area contributed by atoms with E-state index < -0.39 is 0 Å². The minimum Gasteiger partial charge on any atom is -0.267 e. The molecule has 19 heavy (non-hydrogen) atoms. The van der Waals surface area contributed by atoms with Crippen molar-refractivity contribution in [3.05, 3.63) is 40.8 Å². The van der Waals surface area contributed by atoms with Crippen LogP contribution in [0.4, 0.5) is 0 Å². The molecule has 96 valence electrons. The van der Waals surface area contributed by atoms with E-state index in [1.807, 2.05) is 41.8 Å². The van der Waals surface area contributed by atoms with E-state index in [0.29, 0.717) is 4.77 Å². The van der Waals surface area contributed by atoms with Gasteiger partial charge in [0.15, 0.2) is 10.6 Å². The summed E-state index contributed by atoms with van der Waals surface area (Å²) >= 11 is 6.66. The third-order valence-electron chi connectivity index (χ3n) is 2.78. The molecule has 0 amide bonds. The zero-order valence-corrected chi connectivity index (χ0v) is 11.8. The fraction of sp³-hybridized carbons (Fsp3) is 0.167. The van der Waals surface area contributed by atoms with Crippen LogP contribution in [0.5, 0.6) is 0 Å². The van der Waals surface area contributed by atoms with Crippen LogP contribution in [-0.2, 0) is 6.42 Å². The Morgan fingerprint density at radius 2 is 2.11 bits per heavy atom. The van der Waals surface area contributed by atoms with Crippen molar-refractivity contribution in [2.75, 3.05) is 0 Å². The number of aromatic nitrogens is 5. The van der Waals surface area contributed by atoms with E-state index in [0.717, 1.165) is 28.5 Å². The number of nitrogens with one attached hydrogen (secondary N) is 1. The second-order valence-corrected chi connectivity index (χ2v) is 5.07. The fourth-order valence-corrected chi connectivity index (χ4v) is 2.84. The van der Waals surface area contributed by atoms with Gasteiger partial charge in [-0.25, -0.2) is 0 Å². The number of para-hydroxylation sites is 1. The van der Waals surface area contributed by atoms with E-state index >= 15 is 0 Å². The number of rotatable bonds is 3. The summed E-state index contributed by atoms with van der Waals surface area (Å²) in [6.07, 6.45) is 0.820. The molecule has 3 rings (SSSR count). The Morgan fingerprint density at radius 3 is 2.84 bits per heavy atom. The Morgan fingerprint density at radius 1 is 1.32 bits per heavy atom. The molecule has 5 nitrogen and oxygen atoms in total. The maximum absolute atomic E-state index is 5.32. The van der Waals surface area contributed by atoms with Crippen LogP contribution in [0.3, 0.4) is 0 Å². The van der Waals surface area contributed by atoms with E-state index in [4.69, 9.17) is 12.2 Å². The molecule has 0 saturated carbocycles. The average Bonchev–Trinajstić information content (AvgIpc) is 3.05. The lowest BCUT2D eigenvalue weighted by Gasteiger charge is -2.05. The molecule has 0 fully saturated rings. The normalized spacial score (nSPS) is 10.8. The number of nitrogens with zero attached hydrogens (tertiary/aromatic N) is 4. The van der Waals surface area contributed by atoms with Crippen molar-refractivity contribution >= 4 is 23.8 Å². The number of aromatic amines is 1. The van der Waals surface area contributed by atoms with Gasteiger partial charge in [-0.1, -0.05) is 29.6 Å². The highest BCUT2D eigenvalue weighted by molar-refractivity contribution is 7.71. The lowest BCUT2D eigenvalue weighted by Crippen LogP contribution is -1.98. The molecular formula is C12H11N5S2. The van der Waals surface area contributed by atoms with Gasteiger partial charge in [-0.2, -0.15) is 5.10 Å². The molecule has 2 aromatic heterocycles. The first-order chi connectivity index (χ1) is 9.31. The lowest BCUT2D eigenvalue weighted by atomic mass is 10.2. The van der Waals surface area contributed by atoms with E-state index in [1.54, 1.807) is 0 Å². The molecule has 0 spiro atoms. The van der Waals surface area contributed by atoms with Gasteiger partial charge in [-0.15, -0.1) is 5.10 Å². The monoisotopic (exact) mass is 289 g/mol. The second-order valence-electron chi connectivity index (χ2n) is 3.93. The minimum absolute atomic E-state index is 0.566. The first-order valence-corrected chi connectivity index (χ1v) is 7.04. The minimum atomic E-state index is 0.566. The number of aryl methyl sites for hydroxylation is 1. The molecule has 1 aromatic carbocycles. The SMILES string of the molecule is CCc1nnsc1-c1n[nH]c(=S)n1-c1ccccc1. The maximum atomic E-state index is 5.32. The van der Waals surface area contributed by atoms with Crippen molar-refractivity contribution in [1.82, 2.24) is 24.4 Å². The summed E-state index contributed by atoms with van der Waals surface area (Å²) in [5.41, 5.74) is 1.92. The molecule has 7 heteroatoms. The van der Waals surface area contributed by atoms with Crippen molar-refractivity contribution in [3.63, 3.8) is 0 Å². The third kappa shape index (κ3) is 2.11. The average molecular weight is 289 g/mol. The summed E-state index contributed by atoms with van der Waals surface area (Å²) in [4.78, 5) is 0.957. The molecule has 0 atom stereocenters. The first-order valence-electron chi connectivity index (χ1n) is 5.85. The number of benzene rings is 1. The zero-order chi connectivity index (χ0) is 13.2. The van der Waals surface area contributed by atoms with Gasteiger partial charge in [0.1, 0.15) is 4.88 Å². The highest BCUT2D eigenvalue weighted by Gasteiger charge is 2.16. The van der Waals surface area contributed by atoms with Crippen molar-refractivity contribution in [2.24, 2.45) is 0 Å². The van der Waals surface area contributed by atoms with E-state index in [-0.39, 0.29) is 0 Å². The molecule has 0 saturated heterocycles. The summed E-state index contributed by atoms with van der Waals surface area (Å²) in [5.74, 6) is 0.767. The summed E-state index contributed by atoms with van der Waals surface area (Å²) in [6, 6.07) is 9.90. The van der Waals surface area contributed by atoms with Crippen molar-refractivity contribution in [3.8, 4) is 16.4 Å². The Kier molecular flexibility index (Phi) is 3.22. The lowest BCUT2D eigenvalue weighted by molar-refractivity contribution is 0.980. The van der Waals surface area contributed by atoms with E-state index in [1.165, 1.54) is 11.5 Å². The predicted molar refractivity (Wildman–Crippen MR) is 77.0 cm³/mol. The molecule has 0 aliphatic rings. The van der Waals surface area contributed by atoms with Gasteiger partial charge in [0.25, 0.3) is 0 Å². The maximum Gasteiger partial charge on any atom is 0.200 e. The van der Waals surface area contributed by atoms with Crippen LogP contribution >= 0.6 is 23.8 Å². The smallest absolute Gasteiger partial charge is 0.200 e. The quantitative estimate of drug-likeness (QED) is 0.753. The predicted octanol–water partition coefficient (Wildman–Crippen LogP) is 3.01. The van der Waals surface area contributed by atoms with Gasteiger partial charge in [0.05, 0.1) is 5.69 Å². The molecule has 0 aliphatic heterocycles. The highest BCUT2D eigenvalue weighted by Crippen LogP contribution is 2.27. The van der Waals surface area contributed by atoms with E-state index in [2.05, 4.69) is 19.8 Å². The summed E-state index contributed by atoms with van der Waals surface area (Å²) in [5, 5.41) is 11.3. The Labute approximate surface area is 119 Å². The van der Waals surface area contributed by atoms with Crippen LogP contribution in [0.2, 0.25) is 0 Å². The van der Waals surface area contributed by atoms with Gasteiger partial charge in [0.2, 0.25) is 0 Å². The molecule has 0 aliphatic carbocycles. The molecular weight excluding hydrogens is 278 g/mol. The highest BCUT2D eigenvalue weighted by atomic mass is 32.1. The van der Waals surface area contributed by atoms with Crippen molar-refractivity contribution in [1.29, 1.82) is 0 Å². The summed E-state index contributed by atoms with van der Waals surface area (Å²) in [6.45, 7) is 2.05. The van der Waals surface area contributed by atoms with Crippen LogP contribution < -0.4 is 0 Å². The summed E-state index contributed by atoms with van der Waals surface area (Å²) < 4.78 is 6.48. The van der Waals surface area contributed by atoms with Crippen LogP contribution in [0.25, 0.3) is 16.4 Å². The topological polar surface area (TPSA) is 59.4 Å². The van der Waals surface area contributed by atoms with Gasteiger partial charge in [-0.3, -0.25) is 9.67 Å². The summed E-state index contributed by atoms with van der Waals surface area (Å²) in [7, 11) is 0. The molecule has 0 bridgehead atoms. The molecule has 2 heterocycles. The molecule has 0 radical (unpaired) electrons. The third-order valence-corrected chi connectivity index (χ3v) is 3.82. The zero-order valence-electron chi connectivity index (χ0n) is 10.2. The number of hydrogen-bond donors (Lipinski definition) is 1. The standard InChI is InChI=1S/C12H11N5S2/c1-2-9-10(19-16-13-9)11-14-15-12(18)17(11)8-6-4-3-5-7-8/h3-7H,2H2,1H3,(H,15,18). The van der Waals surface area contributed by atoms with Gasteiger partial charge >= 0.3 is 0 Å². The molecule has 3 aromatic rings. The number of H-pyrrole nitrogens is 1. The Bertz CT molecular complexity index is 741. The molecule has 0 unspecified atom stereocenters. The van der Waals surface area contributed by atoms with Crippen LogP contribution in [0, 0.1) is 4.77 Å². The molecule has 1 N–H and O–H groups in total. The van der Waals surface area contributed by atoms with Gasteiger partial charge < -0.3 is 0 Å². The van der Waals surface area contributed by atoms with E-state index in [9.17, 15) is 0 Å². The first kappa shape index (κ1) is 12.2. The van der Waals surface area contributed by atoms with Crippen LogP contribution in [0.1, 0.15) is 12.6 Å². The number of hydrogen-bond acceptors (Lipinski definition) is 5. The van der Waals surface area contributed by atoms with Gasteiger partial charge in [-0.05, 0) is 42.3 Å². The van der Waals surface area contributed by atoms with Crippen LogP contribution in [-0.4, -0.2) is 24.4 Å².